The molecule has 0 fully saturated rings. The third-order valence-electron chi connectivity index (χ3n) is 4.21. The van der Waals surface area contributed by atoms with Crippen LogP contribution in [0, 0.1) is 6.92 Å². The first kappa shape index (κ1) is 15.7. The molecule has 3 aromatic rings. The maximum absolute atomic E-state index is 4.71. The van der Waals surface area contributed by atoms with E-state index < -0.39 is 8.07 Å². The Kier molecular flexibility index (Phi) is 4.18. The topological polar surface area (TPSA) is 12.9 Å². The number of nitrogens with zero attached hydrogens (tertiary/aromatic N) is 1. The van der Waals surface area contributed by atoms with Gasteiger partial charge in [-0.2, -0.15) is 0 Å². The molecule has 0 atom stereocenters. The van der Waals surface area contributed by atoms with Crippen molar-refractivity contribution in [1.82, 2.24) is 4.98 Å². The molecule has 116 valence electrons. The molecule has 0 saturated heterocycles. The van der Waals surface area contributed by atoms with Gasteiger partial charge in [0.2, 0.25) is 0 Å². The molecular formula is C21H23NSi. The van der Waals surface area contributed by atoms with E-state index in [0.717, 1.165) is 5.69 Å². The van der Waals surface area contributed by atoms with E-state index in [2.05, 4.69) is 87.4 Å². The molecule has 0 amide bonds. The molecule has 0 unspecified atom stereocenters. The van der Waals surface area contributed by atoms with Crippen LogP contribution in [0.3, 0.4) is 0 Å². The molecular weight excluding hydrogens is 294 g/mol. The van der Waals surface area contributed by atoms with Crippen LogP contribution in [0.2, 0.25) is 19.6 Å². The van der Waals surface area contributed by atoms with Crippen molar-refractivity contribution in [2.24, 2.45) is 0 Å². The van der Waals surface area contributed by atoms with E-state index in [4.69, 9.17) is 4.98 Å². The maximum atomic E-state index is 4.71. The van der Waals surface area contributed by atoms with E-state index in [-0.39, 0.29) is 0 Å². The van der Waals surface area contributed by atoms with Crippen LogP contribution in [0.4, 0.5) is 0 Å². The molecule has 3 rings (SSSR count). The normalized spacial score (nSPS) is 11.5. The van der Waals surface area contributed by atoms with E-state index in [1.54, 1.807) is 0 Å². The SMILES string of the molecule is Cc1cc(-c2ccc(-c3ccccc3)cc2)ncc1[Si](C)(C)C. The number of rotatable bonds is 3. The second-order valence-electron chi connectivity index (χ2n) is 7.08. The summed E-state index contributed by atoms with van der Waals surface area (Å²) >= 11 is 0. The van der Waals surface area contributed by atoms with Crippen molar-refractivity contribution in [3.05, 3.63) is 72.4 Å². The quantitative estimate of drug-likeness (QED) is 0.600. The van der Waals surface area contributed by atoms with Crippen LogP contribution in [0.25, 0.3) is 22.4 Å². The number of pyridine rings is 1. The molecule has 1 heterocycles. The van der Waals surface area contributed by atoms with Crippen molar-refractivity contribution in [2.45, 2.75) is 26.6 Å². The van der Waals surface area contributed by atoms with Crippen LogP contribution in [-0.4, -0.2) is 13.1 Å². The molecule has 0 saturated carbocycles. The van der Waals surface area contributed by atoms with Crippen molar-refractivity contribution >= 4 is 13.3 Å². The monoisotopic (exact) mass is 317 g/mol. The van der Waals surface area contributed by atoms with Crippen molar-refractivity contribution in [3.63, 3.8) is 0 Å². The van der Waals surface area contributed by atoms with Gasteiger partial charge in [0.1, 0.15) is 0 Å². The third kappa shape index (κ3) is 3.43. The molecule has 0 aliphatic rings. The summed E-state index contributed by atoms with van der Waals surface area (Å²) in [6.45, 7) is 9.30. The third-order valence-corrected chi connectivity index (χ3v) is 6.35. The number of hydrogen-bond donors (Lipinski definition) is 0. The molecule has 0 spiro atoms. The average molecular weight is 318 g/mol. The molecule has 2 aromatic carbocycles. The van der Waals surface area contributed by atoms with E-state index in [9.17, 15) is 0 Å². The van der Waals surface area contributed by atoms with Crippen LogP contribution < -0.4 is 5.19 Å². The Morgan fingerprint density at radius 2 is 1.30 bits per heavy atom. The minimum Gasteiger partial charge on any atom is -0.256 e. The summed E-state index contributed by atoms with van der Waals surface area (Å²) < 4.78 is 0. The number of hydrogen-bond acceptors (Lipinski definition) is 1. The summed E-state index contributed by atoms with van der Waals surface area (Å²) in [5.41, 5.74) is 6.09. The summed E-state index contributed by atoms with van der Waals surface area (Å²) in [7, 11) is -1.32. The highest BCUT2D eigenvalue weighted by molar-refractivity contribution is 6.89. The van der Waals surface area contributed by atoms with Crippen LogP contribution >= 0.6 is 0 Å². The van der Waals surface area contributed by atoms with Gasteiger partial charge in [-0.15, -0.1) is 0 Å². The second-order valence-corrected chi connectivity index (χ2v) is 12.1. The summed E-state index contributed by atoms with van der Waals surface area (Å²) in [4.78, 5) is 4.71. The second kappa shape index (κ2) is 6.13. The van der Waals surface area contributed by atoms with Crippen LogP contribution in [0.15, 0.2) is 66.9 Å². The summed E-state index contributed by atoms with van der Waals surface area (Å²) in [6, 6.07) is 21.4. The smallest absolute Gasteiger partial charge is 0.0799 e. The lowest BCUT2D eigenvalue weighted by Crippen LogP contribution is -2.39. The van der Waals surface area contributed by atoms with Gasteiger partial charge in [-0.1, -0.05) is 74.2 Å². The largest absolute Gasteiger partial charge is 0.256 e. The molecule has 0 bridgehead atoms. The molecule has 1 aromatic heterocycles. The summed E-state index contributed by atoms with van der Waals surface area (Å²) in [5.74, 6) is 0. The van der Waals surface area contributed by atoms with E-state index in [1.807, 2.05) is 6.07 Å². The fourth-order valence-electron chi connectivity index (χ4n) is 2.96. The van der Waals surface area contributed by atoms with E-state index >= 15 is 0 Å². The fraction of sp³-hybridized carbons (Fsp3) is 0.190. The fourth-order valence-corrected chi connectivity index (χ4v) is 4.67. The van der Waals surface area contributed by atoms with Crippen molar-refractivity contribution in [3.8, 4) is 22.4 Å². The molecule has 0 N–H and O–H groups in total. The van der Waals surface area contributed by atoms with Crippen molar-refractivity contribution < 1.29 is 0 Å². The highest BCUT2D eigenvalue weighted by atomic mass is 28.3. The zero-order chi connectivity index (χ0) is 16.4. The van der Waals surface area contributed by atoms with Crippen LogP contribution in [-0.2, 0) is 0 Å². The molecule has 23 heavy (non-hydrogen) atoms. The minimum atomic E-state index is -1.32. The first-order valence-corrected chi connectivity index (χ1v) is 11.6. The average Bonchev–Trinajstić information content (AvgIpc) is 2.54. The summed E-state index contributed by atoms with van der Waals surface area (Å²) in [6.07, 6.45) is 2.09. The van der Waals surface area contributed by atoms with Gasteiger partial charge in [0.05, 0.1) is 13.8 Å². The minimum absolute atomic E-state index is 1.06. The number of aryl methyl sites for hydroxylation is 1. The Morgan fingerprint density at radius 3 is 1.87 bits per heavy atom. The highest BCUT2D eigenvalue weighted by Crippen LogP contribution is 2.24. The predicted octanol–water partition coefficient (Wildman–Crippen LogP) is 5.27. The molecule has 0 aliphatic heterocycles. The van der Waals surface area contributed by atoms with Crippen molar-refractivity contribution in [2.75, 3.05) is 0 Å². The van der Waals surface area contributed by atoms with Gasteiger partial charge >= 0.3 is 0 Å². The number of benzene rings is 2. The lowest BCUT2D eigenvalue weighted by molar-refractivity contribution is 1.30. The summed E-state index contributed by atoms with van der Waals surface area (Å²) in [5, 5.41) is 1.45. The Balaban J connectivity index is 1.93. The standard InChI is InChI=1S/C21H23NSi/c1-16-14-20(22-15-21(16)23(2,3)4)19-12-10-18(11-13-19)17-8-6-5-7-9-17/h5-15H,1-4H3. The van der Waals surface area contributed by atoms with Crippen molar-refractivity contribution in [1.29, 1.82) is 0 Å². The van der Waals surface area contributed by atoms with Gasteiger partial charge in [-0.25, -0.2) is 0 Å². The van der Waals surface area contributed by atoms with Gasteiger partial charge in [0.15, 0.2) is 0 Å². The number of aromatic nitrogens is 1. The first-order valence-electron chi connectivity index (χ1n) is 8.08. The van der Waals surface area contributed by atoms with Gasteiger partial charge in [-0.05, 0) is 34.9 Å². The Hall–Kier alpha value is -2.19. The Morgan fingerprint density at radius 1 is 0.739 bits per heavy atom. The van der Waals surface area contributed by atoms with Crippen LogP contribution in [0.1, 0.15) is 5.56 Å². The predicted molar refractivity (Wildman–Crippen MR) is 103 cm³/mol. The zero-order valence-electron chi connectivity index (χ0n) is 14.3. The lowest BCUT2D eigenvalue weighted by atomic mass is 10.0. The van der Waals surface area contributed by atoms with Gasteiger partial charge < -0.3 is 0 Å². The van der Waals surface area contributed by atoms with Gasteiger partial charge in [-0.3, -0.25) is 4.98 Å². The van der Waals surface area contributed by atoms with Crippen LogP contribution in [0.5, 0.6) is 0 Å². The maximum Gasteiger partial charge on any atom is 0.0799 e. The molecule has 2 heteroatoms. The van der Waals surface area contributed by atoms with Gasteiger partial charge in [0, 0.05) is 11.8 Å². The van der Waals surface area contributed by atoms with E-state index in [0.29, 0.717) is 0 Å². The lowest BCUT2D eigenvalue weighted by Gasteiger charge is -2.19. The van der Waals surface area contributed by atoms with E-state index in [1.165, 1.54) is 27.4 Å². The van der Waals surface area contributed by atoms with Gasteiger partial charge in [0.25, 0.3) is 0 Å². The highest BCUT2D eigenvalue weighted by Gasteiger charge is 2.19. The Labute approximate surface area is 140 Å². The molecule has 1 nitrogen and oxygen atoms in total. The first-order chi connectivity index (χ1) is 10.9. The molecule has 0 aliphatic carbocycles. The zero-order valence-corrected chi connectivity index (χ0v) is 15.3. The Bertz CT molecular complexity index is 799. The molecule has 0 radical (unpaired) electrons.